The van der Waals surface area contributed by atoms with Gasteiger partial charge in [-0.05, 0) is 30.7 Å². The van der Waals surface area contributed by atoms with Gasteiger partial charge in [-0.1, -0.05) is 40.2 Å². The summed E-state index contributed by atoms with van der Waals surface area (Å²) in [5.41, 5.74) is 2.34. The predicted octanol–water partition coefficient (Wildman–Crippen LogP) is 4.15. The highest BCUT2D eigenvalue weighted by Gasteiger charge is 2.09. The quantitative estimate of drug-likeness (QED) is 0.814. The van der Waals surface area contributed by atoms with Gasteiger partial charge >= 0.3 is 0 Å². The maximum atomic E-state index is 5.59. The molecule has 112 valence electrons. The molecule has 0 unspecified atom stereocenters. The molecule has 0 saturated carbocycles. The van der Waals surface area contributed by atoms with Crippen molar-refractivity contribution >= 4 is 15.9 Å². The molecule has 0 amide bonds. The molecule has 0 aliphatic heterocycles. The maximum Gasteiger partial charge on any atom is 0.165 e. The van der Waals surface area contributed by atoms with Gasteiger partial charge in [-0.15, -0.1) is 0 Å². The number of methoxy groups -OCH3 is 1. The molecule has 0 spiro atoms. The molecule has 3 nitrogen and oxygen atoms in total. The van der Waals surface area contributed by atoms with Crippen LogP contribution in [0.2, 0.25) is 0 Å². The van der Waals surface area contributed by atoms with Crippen LogP contribution in [0.1, 0.15) is 18.1 Å². The fourth-order valence-electron chi connectivity index (χ4n) is 2.19. The maximum absolute atomic E-state index is 5.59. The molecule has 1 N–H and O–H groups in total. The van der Waals surface area contributed by atoms with E-state index in [0.717, 1.165) is 34.6 Å². The second kappa shape index (κ2) is 8.05. The van der Waals surface area contributed by atoms with Gasteiger partial charge in [-0.25, -0.2) is 0 Å². The molecule has 4 heteroatoms. The van der Waals surface area contributed by atoms with Crippen LogP contribution in [-0.4, -0.2) is 13.7 Å². The summed E-state index contributed by atoms with van der Waals surface area (Å²) < 4.78 is 12.2. The van der Waals surface area contributed by atoms with Crippen molar-refractivity contribution in [3.63, 3.8) is 0 Å². The summed E-state index contributed by atoms with van der Waals surface area (Å²) in [7, 11) is 1.68. The Morgan fingerprint density at radius 1 is 1.10 bits per heavy atom. The van der Waals surface area contributed by atoms with Gasteiger partial charge < -0.3 is 14.8 Å². The van der Waals surface area contributed by atoms with Gasteiger partial charge in [0.25, 0.3) is 0 Å². The van der Waals surface area contributed by atoms with Crippen molar-refractivity contribution in [3.8, 4) is 11.5 Å². The van der Waals surface area contributed by atoms with Gasteiger partial charge in [0, 0.05) is 23.1 Å². The van der Waals surface area contributed by atoms with Gasteiger partial charge in [0.15, 0.2) is 11.5 Å². The Balaban J connectivity index is 2.01. The fourth-order valence-corrected chi connectivity index (χ4v) is 2.64. The van der Waals surface area contributed by atoms with Crippen molar-refractivity contribution in [2.45, 2.75) is 20.0 Å². The lowest BCUT2D eigenvalue weighted by atomic mass is 10.1. The number of hydrogen-bond donors (Lipinski definition) is 1. The van der Waals surface area contributed by atoms with E-state index in [1.54, 1.807) is 7.11 Å². The molecule has 2 aromatic carbocycles. The van der Waals surface area contributed by atoms with E-state index in [1.807, 2.05) is 31.2 Å². The predicted molar refractivity (Wildman–Crippen MR) is 88.8 cm³/mol. The highest BCUT2D eigenvalue weighted by Crippen LogP contribution is 2.30. The van der Waals surface area contributed by atoms with Gasteiger partial charge in [0.1, 0.15) is 0 Å². The van der Waals surface area contributed by atoms with E-state index in [2.05, 4.69) is 39.4 Å². The lowest BCUT2D eigenvalue weighted by molar-refractivity contribution is 0.308. The topological polar surface area (TPSA) is 30.5 Å². The van der Waals surface area contributed by atoms with E-state index >= 15 is 0 Å². The summed E-state index contributed by atoms with van der Waals surface area (Å²) in [5.74, 6) is 1.60. The molecule has 0 aliphatic rings. The van der Waals surface area contributed by atoms with Crippen molar-refractivity contribution in [2.24, 2.45) is 0 Å². The third kappa shape index (κ3) is 4.48. The molecule has 0 fully saturated rings. The second-order valence-corrected chi connectivity index (χ2v) is 5.53. The minimum absolute atomic E-state index is 0.630. The van der Waals surface area contributed by atoms with Crippen LogP contribution in [0.15, 0.2) is 46.9 Å². The summed E-state index contributed by atoms with van der Waals surface area (Å²) >= 11 is 3.48. The Bertz CT molecular complexity index is 587. The highest BCUT2D eigenvalue weighted by molar-refractivity contribution is 9.10. The Kier molecular flexibility index (Phi) is 6.08. The second-order valence-electron chi connectivity index (χ2n) is 4.62. The highest BCUT2D eigenvalue weighted by atomic mass is 79.9. The smallest absolute Gasteiger partial charge is 0.165 e. The Morgan fingerprint density at radius 2 is 1.90 bits per heavy atom. The zero-order valence-electron chi connectivity index (χ0n) is 12.4. The van der Waals surface area contributed by atoms with Crippen LogP contribution in [-0.2, 0) is 13.1 Å². The van der Waals surface area contributed by atoms with E-state index in [0.29, 0.717) is 6.61 Å². The summed E-state index contributed by atoms with van der Waals surface area (Å²) in [5, 5.41) is 3.43. The number of para-hydroxylation sites is 1. The lowest BCUT2D eigenvalue weighted by Gasteiger charge is -2.14. The molecule has 0 aromatic heterocycles. The van der Waals surface area contributed by atoms with Crippen LogP contribution in [0.5, 0.6) is 11.5 Å². The SMILES string of the molecule is CCOc1cccc(CNCc2cccc(Br)c2)c1OC. The van der Waals surface area contributed by atoms with E-state index in [4.69, 9.17) is 9.47 Å². The average Bonchev–Trinajstić information content (AvgIpc) is 2.48. The molecule has 0 aliphatic carbocycles. The number of hydrogen-bond acceptors (Lipinski definition) is 3. The first kappa shape index (κ1) is 15.9. The molecular weight excluding hydrogens is 330 g/mol. The molecular formula is C17H20BrNO2. The standard InChI is InChI=1S/C17H20BrNO2/c1-3-21-16-9-5-7-14(17(16)20-2)12-19-11-13-6-4-8-15(18)10-13/h4-10,19H,3,11-12H2,1-2H3. The van der Waals surface area contributed by atoms with Crippen LogP contribution >= 0.6 is 15.9 Å². The van der Waals surface area contributed by atoms with E-state index in [9.17, 15) is 0 Å². The van der Waals surface area contributed by atoms with Gasteiger partial charge in [0.05, 0.1) is 13.7 Å². The van der Waals surface area contributed by atoms with Gasteiger partial charge in [0.2, 0.25) is 0 Å². The number of ether oxygens (including phenoxy) is 2. The zero-order valence-corrected chi connectivity index (χ0v) is 13.9. The van der Waals surface area contributed by atoms with Crippen molar-refractivity contribution < 1.29 is 9.47 Å². The number of nitrogens with one attached hydrogen (secondary N) is 1. The monoisotopic (exact) mass is 349 g/mol. The Labute approximate surface area is 134 Å². The molecule has 0 radical (unpaired) electrons. The van der Waals surface area contributed by atoms with Gasteiger partial charge in [-0.2, -0.15) is 0 Å². The molecule has 21 heavy (non-hydrogen) atoms. The van der Waals surface area contributed by atoms with Gasteiger partial charge in [-0.3, -0.25) is 0 Å². The molecule has 0 atom stereocenters. The summed E-state index contributed by atoms with van der Waals surface area (Å²) in [6.45, 7) is 4.14. The average molecular weight is 350 g/mol. The fraction of sp³-hybridized carbons (Fsp3) is 0.294. The largest absolute Gasteiger partial charge is 0.493 e. The first-order valence-electron chi connectivity index (χ1n) is 6.98. The minimum Gasteiger partial charge on any atom is -0.493 e. The lowest BCUT2D eigenvalue weighted by Crippen LogP contribution is -2.13. The van der Waals surface area contributed by atoms with Crippen molar-refractivity contribution in [3.05, 3.63) is 58.1 Å². The summed E-state index contributed by atoms with van der Waals surface area (Å²) in [4.78, 5) is 0. The molecule has 0 heterocycles. The summed E-state index contributed by atoms with van der Waals surface area (Å²) in [6.07, 6.45) is 0. The molecule has 2 rings (SSSR count). The van der Waals surface area contributed by atoms with Crippen LogP contribution in [0, 0.1) is 0 Å². The zero-order chi connectivity index (χ0) is 15.1. The third-order valence-corrected chi connectivity index (χ3v) is 3.59. The third-order valence-electron chi connectivity index (χ3n) is 3.10. The van der Waals surface area contributed by atoms with Crippen molar-refractivity contribution in [2.75, 3.05) is 13.7 Å². The first-order chi connectivity index (χ1) is 10.2. The van der Waals surface area contributed by atoms with Crippen molar-refractivity contribution in [1.29, 1.82) is 0 Å². The van der Waals surface area contributed by atoms with Crippen LogP contribution in [0.4, 0.5) is 0 Å². The number of rotatable bonds is 7. The molecule has 2 aromatic rings. The van der Waals surface area contributed by atoms with Crippen LogP contribution < -0.4 is 14.8 Å². The van der Waals surface area contributed by atoms with Crippen LogP contribution in [0.25, 0.3) is 0 Å². The normalized spacial score (nSPS) is 10.4. The minimum atomic E-state index is 0.630. The Morgan fingerprint density at radius 3 is 2.62 bits per heavy atom. The molecule has 0 bridgehead atoms. The van der Waals surface area contributed by atoms with E-state index < -0.39 is 0 Å². The van der Waals surface area contributed by atoms with Crippen LogP contribution in [0.3, 0.4) is 0 Å². The van der Waals surface area contributed by atoms with E-state index in [-0.39, 0.29) is 0 Å². The molecule has 0 saturated heterocycles. The first-order valence-corrected chi connectivity index (χ1v) is 7.77. The van der Waals surface area contributed by atoms with Crippen molar-refractivity contribution in [1.82, 2.24) is 5.32 Å². The number of benzene rings is 2. The number of halogens is 1. The summed E-state index contributed by atoms with van der Waals surface area (Å²) in [6, 6.07) is 14.3. The Hall–Kier alpha value is -1.52. The van der Waals surface area contributed by atoms with E-state index in [1.165, 1.54) is 5.56 Å².